The molecular formula is C33H48F3N7O. The Bertz CT molecular complexity index is 1390. The zero-order valence-electron chi connectivity index (χ0n) is 26.6. The summed E-state index contributed by atoms with van der Waals surface area (Å²) >= 11 is 0. The van der Waals surface area contributed by atoms with E-state index in [1.165, 1.54) is 19.3 Å². The van der Waals surface area contributed by atoms with Gasteiger partial charge in [-0.3, -0.25) is 9.48 Å². The van der Waals surface area contributed by atoms with Crippen LogP contribution in [0, 0.1) is 5.41 Å². The van der Waals surface area contributed by atoms with Crippen molar-refractivity contribution in [3.63, 3.8) is 0 Å². The van der Waals surface area contributed by atoms with Gasteiger partial charge >= 0.3 is 0 Å². The summed E-state index contributed by atoms with van der Waals surface area (Å²) in [5, 5.41) is 14.9. The van der Waals surface area contributed by atoms with E-state index in [2.05, 4.69) is 46.2 Å². The maximum absolute atomic E-state index is 14.4. The molecule has 0 aliphatic heterocycles. The van der Waals surface area contributed by atoms with Gasteiger partial charge in [0, 0.05) is 43.5 Å². The molecule has 8 nitrogen and oxygen atoms in total. The maximum Gasteiger partial charge on any atom is 0.248 e. The van der Waals surface area contributed by atoms with E-state index < -0.39 is 17.0 Å². The van der Waals surface area contributed by atoms with Crippen LogP contribution in [0.25, 0.3) is 11.3 Å². The Hall–Kier alpha value is -3.37. The van der Waals surface area contributed by atoms with Crippen LogP contribution in [0.15, 0.2) is 37.3 Å². The highest BCUT2D eigenvalue weighted by Crippen LogP contribution is 2.58. The summed E-state index contributed by atoms with van der Waals surface area (Å²) in [5.74, 6) is -2.45. The summed E-state index contributed by atoms with van der Waals surface area (Å²) in [4.78, 5) is 17.0. The lowest BCUT2D eigenvalue weighted by Crippen LogP contribution is -2.34. The van der Waals surface area contributed by atoms with Crippen LogP contribution in [0.1, 0.15) is 121 Å². The van der Waals surface area contributed by atoms with Crippen LogP contribution in [-0.4, -0.2) is 41.9 Å². The number of nitrogens with one attached hydrogen (secondary N) is 2. The lowest BCUT2D eigenvalue weighted by atomic mass is 9.86. The molecule has 11 heteroatoms. The molecule has 2 N–H and O–H groups in total. The molecule has 3 heterocycles. The van der Waals surface area contributed by atoms with Crippen LogP contribution in [0.2, 0.25) is 0 Å². The van der Waals surface area contributed by atoms with E-state index in [-0.39, 0.29) is 31.2 Å². The summed E-state index contributed by atoms with van der Waals surface area (Å²) in [6.45, 7) is 12.2. The van der Waals surface area contributed by atoms with Gasteiger partial charge in [-0.25, -0.2) is 22.7 Å². The lowest BCUT2D eigenvalue weighted by Gasteiger charge is -2.26. The molecule has 0 aromatic carbocycles. The summed E-state index contributed by atoms with van der Waals surface area (Å²) in [7, 11) is 0. The molecular weight excluding hydrogens is 567 g/mol. The van der Waals surface area contributed by atoms with Crippen molar-refractivity contribution in [3.05, 3.63) is 54.3 Å². The van der Waals surface area contributed by atoms with E-state index in [9.17, 15) is 18.0 Å². The SMILES string of the molecule is C1CC1.C=C(NCc1cn2ncc(CNC(=O)CC3(C(C)(C)F)CC3)cc2n1)c1ccnn1C(C)C.FC1(F)CCCCC1. The average Bonchev–Trinajstić information content (AvgIpc) is 3.89. The van der Waals surface area contributed by atoms with Crippen LogP contribution < -0.4 is 10.6 Å². The second-order valence-corrected chi connectivity index (χ2v) is 13.2. The Kier molecular flexibility index (Phi) is 10.8. The highest BCUT2D eigenvalue weighted by atomic mass is 19.3. The zero-order valence-corrected chi connectivity index (χ0v) is 26.6. The van der Waals surface area contributed by atoms with E-state index in [1.807, 2.05) is 23.0 Å². The molecule has 0 radical (unpaired) electrons. The molecule has 3 aliphatic rings. The van der Waals surface area contributed by atoms with E-state index in [1.54, 1.807) is 30.8 Å². The number of carbonyl (C=O) groups is 1. The fourth-order valence-electron chi connectivity index (χ4n) is 5.17. The van der Waals surface area contributed by atoms with Gasteiger partial charge < -0.3 is 10.6 Å². The number of nitrogens with zero attached hydrogens (tertiary/aromatic N) is 5. The largest absolute Gasteiger partial charge is 0.378 e. The predicted octanol–water partition coefficient (Wildman–Crippen LogP) is 7.56. The van der Waals surface area contributed by atoms with Crippen molar-refractivity contribution in [1.82, 2.24) is 35.0 Å². The van der Waals surface area contributed by atoms with Crippen molar-refractivity contribution in [2.24, 2.45) is 5.41 Å². The van der Waals surface area contributed by atoms with Crippen LogP contribution in [0.5, 0.6) is 0 Å². The standard InChI is InChI=1S/C24H32FN7O.C6H10F2.C3H6/c1-16(2)32-20(6-9-28-32)17(3)26-14-19-15-31-21(30-19)10-18(13-29-31)12-27-22(33)11-24(7-8-24)23(4,5)25;7-6(8)4-2-1-3-5-6;1-2-3-1/h6,9-10,13,15-16,26H,3,7-8,11-12,14H2,1-2,4-5H3,(H,27,33);1-5H2;1-3H2. The average molecular weight is 616 g/mol. The van der Waals surface area contributed by atoms with Crippen LogP contribution in [-0.2, 0) is 17.9 Å². The number of alkyl halides is 3. The number of amides is 1. The van der Waals surface area contributed by atoms with Gasteiger partial charge in [-0.2, -0.15) is 10.2 Å². The topological polar surface area (TPSA) is 89.1 Å². The van der Waals surface area contributed by atoms with Crippen molar-refractivity contribution in [3.8, 4) is 0 Å². The first-order chi connectivity index (χ1) is 20.8. The van der Waals surface area contributed by atoms with Crippen molar-refractivity contribution in [2.75, 3.05) is 0 Å². The minimum atomic E-state index is -2.32. The molecule has 0 spiro atoms. The molecule has 0 atom stereocenters. The third-order valence-corrected chi connectivity index (χ3v) is 8.42. The molecule has 3 aromatic rings. The normalized spacial score (nSPS) is 18.0. The Morgan fingerprint density at radius 2 is 1.68 bits per heavy atom. The van der Waals surface area contributed by atoms with Crippen molar-refractivity contribution in [1.29, 1.82) is 0 Å². The minimum absolute atomic E-state index is 0.118. The summed E-state index contributed by atoms with van der Waals surface area (Å²) < 4.78 is 42.4. The molecule has 6 rings (SSSR count). The first-order valence-electron chi connectivity index (χ1n) is 15.9. The molecule has 0 unspecified atom stereocenters. The smallest absolute Gasteiger partial charge is 0.248 e. The summed E-state index contributed by atoms with van der Waals surface area (Å²) in [6.07, 6.45) is 14.2. The number of halogens is 3. The monoisotopic (exact) mass is 615 g/mol. The second-order valence-electron chi connectivity index (χ2n) is 13.2. The second kappa shape index (κ2) is 14.2. The number of aromatic nitrogens is 5. The van der Waals surface area contributed by atoms with Gasteiger partial charge in [0.2, 0.25) is 11.8 Å². The first-order valence-corrected chi connectivity index (χ1v) is 15.9. The van der Waals surface area contributed by atoms with Gasteiger partial charge in [0.05, 0.1) is 36.0 Å². The molecule has 3 aromatic heterocycles. The molecule has 3 fully saturated rings. The van der Waals surface area contributed by atoms with E-state index in [4.69, 9.17) is 0 Å². The maximum atomic E-state index is 14.4. The Labute approximate surface area is 258 Å². The Morgan fingerprint density at radius 3 is 2.23 bits per heavy atom. The molecule has 3 aliphatic carbocycles. The van der Waals surface area contributed by atoms with Crippen molar-refractivity contribution < 1.29 is 18.0 Å². The number of fused-ring (bicyclic) bond motifs is 1. The molecule has 1 amide bonds. The number of hydrogen-bond acceptors (Lipinski definition) is 5. The summed E-state index contributed by atoms with van der Waals surface area (Å²) in [5.41, 5.74) is 2.22. The van der Waals surface area contributed by atoms with Gasteiger partial charge in [0.15, 0.2) is 5.65 Å². The third kappa shape index (κ3) is 9.56. The fraction of sp³-hybridized carbons (Fsp3) is 0.636. The predicted molar refractivity (Wildman–Crippen MR) is 167 cm³/mol. The third-order valence-electron chi connectivity index (χ3n) is 8.42. The Morgan fingerprint density at radius 1 is 1.02 bits per heavy atom. The van der Waals surface area contributed by atoms with E-state index in [0.29, 0.717) is 31.6 Å². The summed E-state index contributed by atoms with van der Waals surface area (Å²) in [6, 6.07) is 4.07. The molecule has 0 bridgehead atoms. The van der Waals surface area contributed by atoms with Crippen LogP contribution in [0.4, 0.5) is 13.2 Å². The highest BCUT2D eigenvalue weighted by molar-refractivity contribution is 5.77. The van der Waals surface area contributed by atoms with Gasteiger partial charge in [-0.05, 0) is 71.1 Å². The molecule has 44 heavy (non-hydrogen) atoms. The molecule has 3 saturated carbocycles. The number of carbonyl (C=O) groups excluding carboxylic acids is 1. The van der Waals surface area contributed by atoms with Crippen LogP contribution >= 0.6 is 0 Å². The minimum Gasteiger partial charge on any atom is -0.378 e. The first kappa shape index (κ1) is 33.5. The molecule has 0 saturated heterocycles. The number of hydrogen-bond donors (Lipinski definition) is 2. The van der Waals surface area contributed by atoms with Gasteiger partial charge in [0.25, 0.3) is 0 Å². The van der Waals surface area contributed by atoms with Crippen molar-refractivity contribution >= 4 is 17.3 Å². The fourth-order valence-corrected chi connectivity index (χ4v) is 5.17. The molecule has 242 valence electrons. The van der Waals surface area contributed by atoms with Crippen LogP contribution in [0.3, 0.4) is 0 Å². The quantitative estimate of drug-likeness (QED) is 0.246. The zero-order chi connectivity index (χ0) is 32.0. The lowest BCUT2D eigenvalue weighted by molar-refractivity contribution is -0.124. The number of rotatable bonds is 10. The van der Waals surface area contributed by atoms with Gasteiger partial charge in [-0.1, -0.05) is 32.3 Å². The Balaban J connectivity index is 0.000000335. The van der Waals surface area contributed by atoms with E-state index in [0.717, 1.165) is 41.9 Å². The van der Waals surface area contributed by atoms with Crippen molar-refractivity contribution in [2.45, 2.75) is 129 Å². The number of imidazole rings is 1. The highest BCUT2D eigenvalue weighted by Gasteiger charge is 2.56. The van der Waals surface area contributed by atoms with E-state index >= 15 is 0 Å². The van der Waals surface area contributed by atoms with Gasteiger partial charge in [-0.15, -0.1) is 0 Å². The van der Waals surface area contributed by atoms with Gasteiger partial charge in [0.1, 0.15) is 5.67 Å².